The summed E-state index contributed by atoms with van der Waals surface area (Å²) in [4.78, 5) is 25.0. The molecule has 0 radical (unpaired) electrons. The summed E-state index contributed by atoms with van der Waals surface area (Å²) in [6, 6.07) is 1.41. The normalized spacial score (nSPS) is 33.5. The fourth-order valence-electron chi connectivity index (χ4n) is 3.34. The van der Waals surface area contributed by atoms with Crippen LogP contribution in [0.3, 0.4) is 0 Å². The van der Waals surface area contributed by atoms with Crippen LogP contribution in [0.5, 0.6) is 0 Å². The monoisotopic (exact) mass is 314 g/mol. The smallest absolute Gasteiger partial charge is 0.547 e. The van der Waals surface area contributed by atoms with Crippen molar-refractivity contribution in [2.45, 2.75) is 37.5 Å². The Hall–Kier alpha value is -0.494. The fourth-order valence-corrected chi connectivity index (χ4v) is 3.34. The van der Waals surface area contributed by atoms with Crippen molar-refractivity contribution in [3.8, 4) is 6.07 Å². The van der Waals surface area contributed by atoms with E-state index in [0.29, 0.717) is 5.57 Å². The second-order valence-corrected chi connectivity index (χ2v) is 5.19. The summed E-state index contributed by atoms with van der Waals surface area (Å²) in [7, 11) is 0. The first-order valence-corrected chi connectivity index (χ1v) is 6.34. The SMILES string of the molecule is C=CCC1(C(=O)[O-])/C(=C/C#N)C[C@@H]2[C@@H]([C@@H](C)O)C(=O)N21.[K+]. The van der Waals surface area contributed by atoms with E-state index in [-0.39, 0.29) is 64.2 Å². The number of nitrogens with zero attached hydrogens (tertiary/aromatic N) is 2. The van der Waals surface area contributed by atoms with Gasteiger partial charge in [0.15, 0.2) is 0 Å². The molecule has 0 spiro atoms. The van der Waals surface area contributed by atoms with Gasteiger partial charge >= 0.3 is 51.4 Å². The number of carbonyl (C=O) groups excluding carboxylic acids is 2. The summed E-state index contributed by atoms with van der Waals surface area (Å²) in [6.07, 6.45) is 1.94. The fraction of sp³-hybridized carbons (Fsp3) is 0.500. The number of β-lactam (4-membered cyclic amide) rings is 1. The molecule has 106 valence electrons. The minimum absolute atomic E-state index is 0. The van der Waals surface area contributed by atoms with E-state index in [0.717, 1.165) is 6.08 Å². The van der Waals surface area contributed by atoms with Crippen LogP contribution in [0.1, 0.15) is 19.8 Å². The number of hydrogen-bond donors (Lipinski definition) is 1. The standard InChI is InChI=1S/C14H16N2O4.K/c1-3-5-14(13(19)20)9(4-6-15)7-10-11(8(2)17)12(18)16(10)14;/h3-4,8,10-11,17H,1,5,7H2,2H3,(H,19,20);/q;+1/p-1/b9-4+;/t8-,10-,11-,14?;/m1./s1. The number of carbonyl (C=O) groups is 2. The predicted molar refractivity (Wildman–Crippen MR) is 66.7 cm³/mol. The van der Waals surface area contributed by atoms with E-state index in [1.54, 1.807) is 0 Å². The number of aliphatic hydroxyl groups excluding tert-OH is 1. The minimum Gasteiger partial charge on any atom is -0.547 e. The maximum Gasteiger partial charge on any atom is 1.00 e. The molecular formula is C14H15KN2O4. The van der Waals surface area contributed by atoms with Crippen molar-refractivity contribution in [3.63, 3.8) is 0 Å². The van der Waals surface area contributed by atoms with Gasteiger partial charge in [0.2, 0.25) is 5.91 Å². The van der Waals surface area contributed by atoms with Crippen LogP contribution in [0, 0.1) is 17.2 Å². The molecule has 0 aromatic carbocycles. The zero-order valence-electron chi connectivity index (χ0n) is 12.1. The van der Waals surface area contributed by atoms with Crippen molar-refractivity contribution in [1.29, 1.82) is 5.26 Å². The number of allylic oxidation sites excluding steroid dienone is 1. The van der Waals surface area contributed by atoms with E-state index in [1.165, 1.54) is 17.9 Å². The van der Waals surface area contributed by atoms with Gasteiger partial charge in [-0.2, -0.15) is 5.26 Å². The molecule has 2 heterocycles. The summed E-state index contributed by atoms with van der Waals surface area (Å²) in [6.45, 7) is 5.02. The van der Waals surface area contributed by atoms with Crippen LogP contribution in [0.4, 0.5) is 0 Å². The van der Waals surface area contributed by atoms with Crippen LogP contribution >= 0.6 is 0 Å². The molecule has 1 amide bonds. The Kier molecular flexibility index (Phi) is 5.95. The number of hydrogen-bond acceptors (Lipinski definition) is 5. The minimum atomic E-state index is -1.63. The molecule has 1 unspecified atom stereocenters. The molecule has 2 rings (SSSR count). The van der Waals surface area contributed by atoms with Gasteiger partial charge in [-0.1, -0.05) is 6.08 Å². The summed E-state index contributed by atoms with van der Waals surface area (Å²) < 4.78 is 0. The third-order valence-corrected chi connectivity index (χ3v) is 4.18. The van der Waals surface area contributed by atoms with Gasteiger partial charge in [0.25, 0.3) is 0 Å². The molecule has 0 saturated carbocycles. The first-order chi connectivity index (χ1) is 9.41. The van der Waals surface area contributed by atoms with Gasteiger partial charge in [0.1, 0.15) is 5.54 Å². The molecule has 2 aliphatic heterocycles. The van der Waals surface area contributed by atoms with Gasteiger partial charge in [-0.15, -0.1) is 6.58 Å². The molecule has 21 heavy (non-hydrogen) atoms. The van der Waals surface area contributed by atoms with E-state index in [4.69, 9.17) is 5.26 Å². The Morgan fingerprint density at radius 1 is 1.76 bits per heavy atom. The molecule has 0 aliphatic carbocycles. The molecule has 2 saturated heterocycles. The Labute approximate surface area is 165 Å². The van der Waals surface area contributed by atoms with E-state index < -0.39 is 35.5 Å². The topological polar surface area (TPSA) is 104 Å². The van der Waals surface area contributed by atoms with Crippen molar-refractivity contribution < 1.29 is 71.2 Å². The number of carboxylic acids is 1. The van der Waals surface area contributed by atoms with Crippen LogP contribution in [-0.4, -0.2) is 39.6 Å². The molecule has 2 fully saturated rings. The number of rotatable bonds is 4. The molecule has 0 aromatic rings. The Morgan fingerprint density at radius 2 is 2.38 bits per heavy atom. The molecule has 2 aliphatic rings. The zero-order valence-corrected chi connectivity index (χ0v) is 15.2. The number of aliphatic hydroxyl groups is 1. The predicted octanol–water partition coefficient (Wildman–Crippen LogP) is -3.88. The van der Waals surface area contributed by atoms with Gasteiger partial charge in [0.05, 0.1) is 30.1 Å². The van der Waals surface area contributed by atoms with Gasteiger partial charge < -0.3 is 19.9 Å². The number of aliphatic carboxylic acids is 1. The number of amides is 1. The van der Waals surface area contributed by atoms with E-state index in [1.807, 2.05) is 6.07 Å². The first kappa shape index (κ1) is 18.6. The van der Waals surface area contributed by atoms with Crippen LogP contribution < -0.4 is 56.5 Å². The molecule has 6 nitrogen and oxygen atoms in total. The quantitative estimate of drug-likeness (QED) is 0.247. The Morgan fingerprint density at radius 3 is 2.81 bits per heavy atom. The summed E-state index contributed by atoms with van der Waals surface area (Å²) in [5, 5.41) is 30.1. The van der Waals surface area contributed by atoms with E-state index >= 15 is 0 Å². The van der Waals surface area contributed by atoms with E-state index in [9.17, 15) is 19.8 Å². The molecule has 1 N–H and O–H groups in total. The third-order valence-electron chi connectivity index (χ3n) is 4.18. The van der Waals surface area contributed by atoms with E-state index in [2.05, 4.69) is 6.58 Å². The van der Waals surface area contributed by atoms with Crippen molar-refractivity contribution in [3.05, 3.63) is 24.3 Å². The zero-order chi connectivity index (χ0) is 15.1. The van der Waals surface area contributed by atoms with Gasteiger partial charge in [-0.25, -0.2) is 0 Å². The summed E-state index contributed by atoms with van der Waals surface area (Å²) in [5.74, 6) is -2.46. The molecular weight excluding hydrogens is 299 g/mol. The van der Waals surface area contributed by atoms with Gasteiger partial charge in [-0.3, -0.25) is 4.79 Å². The summed E-state index contributed by atoms with van der Waals surface area (Å²) in [5.41, 5.74) is -1.30. The number of fused-ring (bicyclic) bond motifs is 1. The second kappa shape index (κ2) is 6.73. The van der Waals surface area contributed by atoms with Crippen molar-refractivity contribution in [2.75, 3.05) is 0 Å². The van der Waals surface area contributed by atoms with Crippen LogP contribution in [0.25, 0.3) is 0 Å². The van der Waals surface area contributed by atoms with Crippen LogP contribution in [0.15, 0.2) is 24.3 Å². The number of carboxylic acid groups (broad SMARTS) is 1. The average Bonchev–Trinajstić information content (AvgIpc) is 2.61. The molecule has 7 heteroatoms. The third kappa shape index (κ3) is 2.54. The first-order valence-electron chi connectivity index (χ1n) is 6.34. The summed E-state index contributed by atoms with van der Waals surface area (Å²) >= 11 is 0. The molecule has 0 bridgehead atoms. The average molecular weight is 314 g/mol. The van der Waals surface area contributed by atoms with Crippen LogP contribution in [-0.2, 0) is 9.59 Å². The van der Waals surface area contributed by atoms with Gasteiger partial charge in [0, 0.05) is 6.08 Å². The molecule has 0 aromatic heterocycles. The second-order valence-electron chi connectivity index (χ2n) is 5.19. The van der Waals surface area contributed by atoms with Crippen LogP contribution in [0.2, 0.25) is 0 Å². The Bertz CT molecular complexity index is 552. The largest absolute Gasteiger partial charge is 1.00 e. The maximum absolute atomic E-state index is 12.2. The van der Waals surface area contributed by atoms with Crippen molar-refractivity contribution in [1.82, 2.24) is 4.90 Å². The van der Waals surface area contributed by atoms with Crippen molar-refractivity contribution >= 4 is 11.9 Å². The maximum atomic E-state index is 12.2. The Balaban J connectivity index is 0.00000220. The molecule has 4 atom stereocenters. The van der Waals surface area contributed by atoms with Crippen molar-refractivity contribution in [2.24, 2.45) is 5.92 Å². The van der Waals surface area contributed by atoms with Gasteiger partial charge in [-0.05, 0) is 25.3 Å². The number of nitriles is 1.